The largest absolute Gasteiger partial charge is 0.508 e. The number of rotatable bonds is 8. The maximum Gasteiger partial charge on any atom is 0.508 e. The number of benzene rings is 2. The number of hydrogen-bond donors (Lipinski definition) is 2. The highest BCUT2D eigenvalue weighted by Gasteiger charge is 2.54. The predicted octanol–water partition coefficient (Wildman–Crippen LogP) is 5.04. The summed E-state index contributed by atoms with van der Waals surface area (Å²) in [5, 5.41) is 12.2. The Balaban J connectivity index is 1.52. The Morgan fingerprint density at radius 3 is 2.31 bits per heavy atom. The van der Waals surface area contributed by atoms with Gasteiger partial charge in [0.15, 0.2) is 27.3 Å². The van der Waals surface area contributed by atoms with Gasteiger partial charge in [0.2, 0.25) is 0 Å². The van der Waals surface area contributed by atoms with Crippen molar-refractivity contribution >= 4 is 39.2 Å². The molecule has 8 nitrogen and oxygen atoms in total. The van der Waals surface area contributed by atoms with E-state index in [9.17, 15) is 36.3 Å². The first-order chi connectivity index (χ1) is 18.3. The Morgan fingerprint density at radius 1 is 1.10 bits per heavy atom. The number of anilines is 1. The fourth-order valence-electron chi connectivity index (χ4n) is 5.46. The summed E-state index contributed by atoms with van der Waals surface area (Å²) in [7, 11) is -4.11. The van der Waals surface area contributed by atoms with E-state index in [0.29, 0.717) is 25.0 Å². The first-order valence-electron chi connectivity index (χ1n) is 12.0. The van der Waals surface area contributed by atoms with Crippen LogP contribution in [0.4, 0.5) is 23.7 Å². The van der Waals surface area contributed by atoms with Gasteiger partial charge in [0.05, 0.1) is 20.8 Å². The van der Waals surface area contributed by atoms with E-state index >= 15 is 0 Å². The number of ether oxygens (including phenoxy) is 2. The van der Waals surface area contributed by atoms with Crippen LogP contribution in [0.2, 0.25) is 5.02 Å². The summed E-state index contributed by atoms with van der Waals surface area (Å²) in [6.45, 7) is 3.00. The molecule has 0 heterocycles. The number of carbonyl (C=O) groups is 2. The lowest BCUT2D eigenvalue weighted by Crippen LogP contribution is -2.48. The van der Waals surface area contributed by atoms with Crippen LogP contribution in [0.1, 0.15) is 36.0 Å². The Kier molecular flexibility index (Phi) is 8.29. The van der Waals surface area contributed by atoms with Crippen LogP contribution >= 0.6 is 11.6 Å². The third kappa shape index (κ3) is 6.07. The molecule has 2 aliphatic rings. The van der Waals surface area contributed by atoms with Gasteiger partial charge in [-0.25, -0.2) is 26.4 Å². The van der Waals surface area contributed by atoms with Gasteiger partial charge in [-0.3, -0.25) is 4.79 Å². The average Bonchev–Trinajstić information content (AvgIpc) is 3.18. The van der Waals surface area contributed by atoms with E-state index < -0.39 is 62.0 Å². The molecule has 4 atom stereocenters. The van der Waals surface area contributed by atoms with Crippen molar-refractivity contribution in [1.82, 2.24) is 0 Å². The van der Waals surface area contributed by atoms with Crippen LogP contribution < -0.4 is 5.32 Å². The van der Waals surface area contributed by atoms with Gasteiger partial charge >= 0.3 is 6.16 Å². The van der Waals surface area contributed by atoms with Crippen molar-refractivity contribution in [3.05, 3.63) is 71.0 Å². The Morgan fingerprint density at radius 2 is 1.72 bits per heavy atom. The number of amides is 1. The molecule has 0 radical (unpaired) electrons. The van der Waals surface area contributed by atoms with Crippen LogP contribution in [0.15, 0.2) is 47.9 Å². The van der Waals surface area contributed by atoms with Crippen LogP contribution in [-0.2, 0) is 19.3 Å². The summed E-state index contributed by atoms with van der Waals surface area (Å²) in [4.78, 5) is 24.1. The molecule has 1 amide bonds. The molecule has 2 N–H and O–H groups in total. The topological polar surface area (TPSA) is 119 Å². The normalized spacial score (nSPS) is 24.2. The minimum atomic E-state index is -4.11. The SMILES string of the molecule is C=CCOC(=O)OC[C@]1(O)CC2CC[C@@H](C1)C2S(=O)(=O)c1cc(C(=O)Nc2cc(F)c(F)c(F)c2)ccc1Cl. The van der Waals surface area contributed by atoms with E-state index in [0.717, 1.165) is 6.07 Å². The molecule has 2 aromatic carbocycles. The highest BCUT2D eigenvalue weighted by molar-refractivity contribution is 7.92. The minimum absolute atomic E-state index is 0.0572. The molecule has 0 aliphatic heterocycles. The average molecular weight is 588 g/mol. The molecule has 0 spiro atoms. The molecule has 210 valence electrons. The number of fused-ring (bicyclic) bond motifs is 2. The molecule has 2 aromatic rings. The molecule has 4 rings (SSSR count). The van der Waals surface area contributed by atoms with Gasteiger partial charge in [-0.2, -0.15) is 0 Å². The van der Waals surface area contributed by atoms with Gasteiger partial charge in [0.1, 0.15) is 13.2 Å². The lowest BCUT2D eigenvalue weighted by atomic mass is 9.77. The molecule has 2 aliphatic carbocycles. The second-order valence-electron chi connectivity index (χ2n) is 9.73. The number of nitrogens with one attached hydrogen (secondary N) is 1. The first-order valence-corrected chi connectivity index (χ1v) is 13.9. The van der Waals surface area contributed by atoms with E-state index in [-0.39, 0.29) is 47.2 Å². The number of aliphatic hydroxyl groups is 1. The second-order valence-corrected chi connectivity index (χ2v) is 12.2. The smallest absolute Gasteiger partial charge is 0.431 e. The van der Waals surface area contributed by atoms with Gasteiger partial charge < -0.3 is 19.9 Å². The molecular formula is C26H25ClF3NO7S. The van der Waals surface area contributed by atoms with Crippen molar-refractivity contribution in [1.29, 1.82) is 0 Å². The van der Waals surface area contributed by atoms with Gasteiger partial charge in [0.25, 0.3) is 5.91 Å². The van der Waals surface area contributed by atoms with Crippen molar-refractivity contribution in [2.45, 2.75) is 41.4 Å². The maximum absolute atomic E-state index is 13.8. The van der Waals surface area contributed by atoms with Crippen LogP contribution in [0, 0.1) is 29.3 Å². The zero-order chi connectivity index (χ0) is 28.5. The predicted molar refractivity (Wildman–Crippen MR) is 135 cm³/mol. The molecule has 2 bridgehead atoms. The third-order valence-electron chi connectivity index (χ3n) is 7.00. The highest BCUT2D eigenvalue weighted by Crippen LogP contribution is 2.51. The first kappa shape index (κ1) is 28.9. The molecule has 2 fully saturated rings. The number of carbonyl (C=O) groups excluding carboxylic acids is 2. The second kappa shape index (κ2) is 11.2. The van der Waals surface area contributed by atoms with Crippen LogP contribution in [0.25, 0.3) is 0 Å². The standard InChI is InChI=1S/C26H25ClF3NO7S/c1-2-7-37-25(33)38-13-26(34)11-15-3-4-16(12-26)23(15)39(35,36)21-8-14(5-6-18(21)27)24(32)31-17-9-19(28)22(30)20(29)10-17/h2,5-6,8-10,15-16,23,34H,1,3-4,7,11-13H2,(H,31,32)/t15-,16?,23?,26+/m0/s1. The van der Waals surface area contributed by atoms with Crippen LogP contribution in [0.5, 0.6) is 0 Å². The summed E-state index contributed by atoms with van der Waals surface area (Å²) in [5.74, 6) is -6.53. The lowest BCUT2D eigenvalue weighted by Gasteiger charge is -2.40. The Hall–Kier alpha value is -3.09. The van der Waals surface area contributed by atoms with Crippen molar-refractivity contribution in [3.8, 4) is 0 Å². The molecule has 13 heteroatoms. The fourth-order valence-corrected chi connectivity index (χ4v) is 8.31. The van der Waals surface area contributed by atoms with Crippen molar-refractivity contribution in [2.75, 3.05) is 18.5 Å². The zero-order valence-corrected chi connectivity index (χ0v) is 22.0. The lowest BCUT2D eigenvalue weighted by molar-refractivity contribution is -0.0743. The molecule has 0 aromatic heterocycles. The number of sulfone groups is 1. The summed E-state index contributed by atoms with van der Waals surface area (Å²) >= 11 is 6.24. The van der Waals surface area contributed by atoms with Gasteiger partial charge in [-0.05, 0) is 55.7 Å². The van der Waals surface area contributed by atoms with E-state index in [4.69, 9.17) is 21.1 Å². The van der Waals surface area contributed by atoms with E-state index in [1.807, 2.05) is 0 Å². The summed E-state index contributed by atoms with van der Waals surface area (Å²) < 4.78 is 77.6. The van der Waals surface area contributed by atoms with Crippen LogP contribution in [-0.4, -0.2) is 49.7 Å². The Labute approximate surface area is 227 Å². The summed E-state index contributed by atoms with van der Waals surface area (Å²) in [6.07, 6.45) is 1.52. The third-order valence-corrected chi connectivity index (χ3v) is 9.88. The van der Waals surface area contributed by atoms with Gasteiger partial charge in [-0.1, -0.05) is 24.3 Å². The van der Waals surface area contributed by atoms with Gasteiger partial charge in [-0.15, -0.1) is 0 Å². The fraction of sp³-hybridized carbons (Fsp3) is 0.385. The quantitative estimate of drug-likeness (QED) is 0.252. The maximum atomic E-state index is 13.8. The van der Waals surface area contributed by atoms with E-state index in [1.165, 1.54) is 18.2 Å². The molecular weight excluding hydrogens is 563 g/mol. The van der Waals surface area contributed by atoms with E-state index in [1.54, 1.807) is 0 Å². The highest BCUT2D eigenvalue weighted by atomic mass is 35.5. The molecule has 0 saturated heterocycles. The molecule has 39 heavy (non-hydrogen) atoms. The zero-order valence-electron chi connectivity index (χ0n) is 20.5. The van der Waals surface area contributed by atoms with Crippen LogP contribution in [0.3, 0.4) is 0 Å². The monoisotopic (exact) mass is 587 g/mol. The summed E-state index contributed by atoms with van der Waals surface area (Å²) in [5.41, 5.74) is -1.96. The van der Waals surface area contributed by atoms with Crippen molar-refractivity contribution in [3.63, 3.8) is 0 Å². The minimum Gasteiger partial charge on any atom is -0.431 e. The number of hydrogen-bond acceptors (Lipinski definition) is 7. The van der Waals surface area contributed by atoms with Crippen molar-refractivity contribution in [2.24, 2.45) is 11.8 Å². The Bertz CT molecular complexity index is 1380. The molecule has 2 saturated carbocycles. The van der Waals surface area contributed by atoms with Crippen molar-refractivity contribution < 1.29 is 45.8 Å². The molecule has 2 unspecified atom stereocenters. The summed E-state index contributed by atoms with van der Waals surface area (Å²) in [6, 6.07) is 4.71. The number of halogens is 4. The van der Waals surface area contributed by atoms with E-state index in [2.05, 4.69) is 11.9 Å². The van der Waals surface area contributed by atoms with Gasteiger partial charge in [0, 0.05) is 23.4 Å².